The van der Waals surface area contributed by atoms with Crippen molar-refractivity contribution in [1.82, 2.24) is 0 Å². The Morgan fingerprint density at radius 1 is 1.50 bits per heavy atom. The molecule has 0 radical (unpaired) electrons. The van der Waals surface area contributed by atoms with Crippen LogP contribution in [0.1, 0.15) is 19.3 Å². The Morgan fingerprint density at radius 3 is 2.30 bits per heavy atom. The third-order valence-corrected chi connectivity index (χ3v) is 2.62. The molecule has 0 saturated heterocycles. The van der Waals surface area contributed by atoms with Crippen molar-refractivity contribution >= 4 is 12.0 Å². The molecule has 3 aliphatic rings. The molecular formula is C7H8FNO. The number of halogens is 1. The predicted molar refractivity (Wildman–Crippen MR) is 33.9 cm³/mol. The van der Waals surface area contributed by atoms with Crippen LogP contribution < -0.4 is 0 Å². The van der Waals surface area contributed by atoms with Crippen LogP contribution in [0.4, 0.5) is 4.39 Å². The molecule has 3 rings (SSSR count). The van der Waals surface area contributed by atoms with E-state index in [1.165, 1.54) is 0 Å². The van der Waals surface area contributed by atoms with E-state index < -0.39 is 11.1 Å². The van der Waals surface area contributed by atoms with Gasteiger partial charge in [0.15, 0.2) is 5.78 Å². The van der Waals surface area contributed by atoms with Crippen molar-refractivity contribution in [2.24, 2.45) is 5.41 Å². The first-order chi connectivity index (χ1) is 4.60. The fraction of sp³-hybridized carbons (Fsp3) is 0.714. The van der Waals surface area contributed by atoms with Crippen molar-refractivity contribution in [2.75, 3.05) is 0 Å². The summed E-state index contributed by atoms with van der Waals surface area (Å²) in [7, 11) is 0. The van der Waals surface area contributed by atoms with Gasteiger partial charge in [-0.15, -0.1) is 0 Å². The van der Waals surface area contributed by atoms with E-state index in [2.05, 4.69) is 0 Å². The van der Waals surface area contributed by atoms with E-state index in [9.17, 15) is 9.18 Å². The maximum absolute atomic E-state index is 12.8. The third-order valence-electron chi connectivity index (χ3n) is 2.62. The van der Waals surface area contributed by atoms with Gasteiger partial charge in [0.2, 0.25) is 0 Å². The van der Waals surface area contributed by atoms with Crippen LogP contribution in [0.15, 0.2) is 0 Å². The molecule has 1 N–H and O–H groups in total. The second kappa shape index (κ2) is 1.31. The van der Waals surface area contributed by atoms with Crippen LogP contribution in [-0.4, -0.2) is 17.7 Å². The van der Waals surface area contributed by atoms with Gasteiger partial charge in [-0.05, 0) is 19.3 Å². The Morgan fingerprint density at radius 2 is 2.00 bits per heavy atom. The van der Waals surface area contributed by atoms with Gasteiger partial charge in [-0.3, -0.25) is 4.79 Å². The molecule has 0 spiro atoms. The maximum atomic E-state index is 12.8. The van der Waals surface area contributed by atoms with Gasteiger partial charge in [0.05, 0.1) is 6.21 Å². The summed E-state index contributed by atoms with van der Waals surface area (Å²) >= 11 is 0. The number of hydrogen-bond acceptors (Lipinski definition) is 2. The van der Waals surface area contributed by atoms with Crippen molar-refractivity contribution in [2.45, 2.75) is 24.9 Å². The molecule has 0 aromatic rings. The van der Waals surface area contributed by atoms with E-state index in [-0.39, 0.29) is 5.78 Å². The molecule has 0 amide bonds. The summed E-state index contributed by atoms with van der Waals surface area (Å²) in [4.78, 5) is 10.9. The molecule has 3 saturated carbocycles. The molecular weight excluding hydrogens is 133 g/mol. The van der Waals surface area contributed by atoms with Crippen LogP contribution in [-0.2, 0) is 4.79 Å². The number of Topliss-reactive ketones (excluding diaryl/α,β-unsaturated/α-hetero) is 1. The quantitative estimate of drug-likeness (QED) is 0.575. The summed E-state index contributed by atoms with van der Waals surface area (Å²) in [6.45, 7) is 0. The Balaban J connectivity index is 2.11. The molecule has 3 fully saturated rings. The smallest absolute Gasteiger partial charge is 0.179 e. The van der Waals surface area contributed by atoms with Gasteiger partial charge < -0.3 is 5.41 Å². The van der Waals surface area contributed by atoms with E-state index in [0.29, 0.717) is 19.3 Å². The fourth-order valence-electron chi connectivity index (χ4n) is 2.08. The highest BCUT2D eigenvalue weighted by Gasteiger charge is 2.72. The van der Waals surface area contributed by atoms with Crippen LogP contribution in [0.3, 0.4) is 0 Å². The average Bonchev–Trinajstić information content (AvgIpc) is 1.77. The number of alkyl halides is 1. The molecule has 0 unspecified atom stereocenters. The van der Waals surface area contributed by atoms with Crippen LogP contribution in [0.2, 0.25) is 0 Å². The molecule has 3 heteroatoms. The van der Waals surface area contributed by atoms with Gasteiger partial charge in [-0.2, -0.15) is 0 Å². The minimum absolute atomic E-state index is 0.188. The van der Waals surface area contributed by atoms with E-state index in [4.69, 9.17) is 5.41 Å². The van der Waals surface area contributed by atoms with Crippen LogP contribution in [0, 0.1) is 10.8 Å². The van der Waals surface area contributed by atoms with Gasteiger partial charge in [0.25, 0.3) is 0 Å². The SMILES string of the molecule is N=CC(=O)[C@]12C[C@](F)(C1)C2. The highest BCUT2D eigenvalue weighted by Crippen LogP contribution is 2.69. The summed E-state index contributed by atoms with van der Waals surface area (Å²) in [5, 5.41) is 6.69. The maximum Gasteiger partial charge on any atom is 0.179 e. The van der Waals surface area contributed by atoms with Gasteiger partial charge >= 0.3 is 0 Å². The van der Waals surface area contributed by atoms with Gasteiger partial charge in [-0.25, -0.2) is 4.39 Å². The Bertz CT molecular complexity index is 204. The highest BCUT2D eigenvalue weighted by atomic mass is 19.1. The Kier molecular flexibility index (Phi) is 0.787. The highest BCUT2D eigenvalue weighted by molar-refractivity contribution is 6.29. The zero-order chi connectivity index (χ0) is 7.41. The summed E-state index contributed by atoms with van der Waals surface area (Å²) in [6, 6.07) is 0. The lowest BCUT2D eigenvalue weighted by Crippen LogP contribution is -2.68. The summed E-state index contributed by atoms with van der Waals surface area (Å²) < 4.78 is 12.8. The summed E-state index contributed by atoms with van der Waals surface area (Å²) in [5.74, 6) is -0.188. The second-order valence-corrected chi connectivity index (χ2v) is 3.47. The third kappa shape index (κ3) is 0.448. The van der Waals surface area contributed by atoms with Gasteiger partial charge in [0, 0.05) is 5.41 Å². The normalized spacial score (nSPS) is 48.9. The van der Waals surface area contributed by atoms with Crippen LogP contribution in [0.5, 0.6) is 0 Å². The molecule has 2 bridgehead atoms. The molecule has 0 aromatic carbocycles. The van der Waals surface area contributed by atoms with E-state index >= 15 is 0 Å². The first kappa shape index (κ1) is 6.01. The summed E-state index contributed by atoms with van der Waals surface area (Å²) in [6.07, 6.45) is 1.93. The molecule has 2 nitrogen and oxygen atoms in total. The van der Waals surface area contributed by atoms with Crippen molar-refractivity contribution < 1.29 is 9.18 Å². The van der Waals surface area contributed by atoms with E-state index in [1.807, 2.05) is 0 Å². The van der Waals surface area contributed by atoms with Crippen molar-refractivity contribution in [1.29, 1.82) is 5.41 Å². The fourth-order valence-corrected chi connectivity index (χ4v) is 2.08. The van der Waals surface area contributed by atoms with Crippen molar-refractivity contribution in [3.8, 4) is 0 Å². The molecule has 0 aliphatic heterocycles. The van der Waals surface area contributed by atoms with E-state index in [1.54, 1.807) is 0 Å². The van der Waals surface area contributed by atoms with E-state index in [0.717, 1.165) is 6.21 Å². The van der Waals surface area contributed by atoms with Crippen LogP contribution >= 0.6 is 0 Å². The number of nitrogens with one attached hydrogen (secondary N) is 1. The number of ketones is 1. The predicted octanol–water partition coefficient (Wildman–Crippen LogP) is 1.10. The zero-order valence-corrected chi connectivity index (χ0v) is 5.48. The first-order valence-electron chi connectivity index (χ1n) is 3.34. The number of rotatable bonds is 2. The molecule has 0 heterocycles. The molecule has 0 aromatic heterocycles. The minimum Gasteiger partial charge on any atom is -0.305 e. The lowest BCUT2D eigenvalue weighted by atomic mass is 9.41. The summed E-state index contributed by atoms with van der Waals surface area (Å²) in [5.41, 5.74) is -1.44. The van der Waals surface area contributed by atoms with Crippen molar-refractivity contribution in [3.05, 3.63) is 0 Å². The monoisotopic (exact) mass is 141 g/mol. The number of carbonyl (C=O) groups is 1. The van der Waals surface area contributed by atoms with Gasteiger partial charge in [-0.1, -0.05) is 0 Å². The first-order valence-corrected chi connectivity index (χ1v) is 3.34. The average molecular weight is 141 g/mol. The Hall–Kier alpha value is -0.730. The van der Waals surface area contributed by atoms with Crippen LogP contribution in [0.25, 0.3) is 0 Å². The number of carbonyl (C=O) groups excluding carboxylic acids is 1. The van der Waals surface area contributed by atoms with Gasteiger partial charge in [0.1, 0.15) is 5.67 Å². The largest absolute Gasteiger partial charge is 0.305 e. The second-order valence-electron chi connectivity index (χ2n) is 3.47. The molecule has 10 heavy (non-hydrogen) atoms. The lowest BCUT2D eigenvalue weighted by molar-refractivity contribution is -0.205. The minimum atomic E-state index is -1.02. The topological polar surface area (TPSA) is 40.9 Å². The standard InChI is InChI=1S/C7H8FNO/c8-7-2-6(3-7,4-7)5(10)1-9/h1,9H,2-4H2/t6-,7+. The zero-order valence-electron chi connectivity index (χ0n) is 5.48. The molecule has 3 aliphatic carbocycles. The Labute approximate surface area is 57.9 Å². The molecule has 54 valence electrons. The van der Waals surface area contributed by atoms with Crippen molar-refractivity contribution in [3.63, 3.8) is 0 Å². The lowest BCUT2D eigenvalue weighted by Gasteiger charge is -2.64. The number of hydrogen-bond donors (Lipinski definition) is 1. The molecule has 0 atom stereocenters.